The zero-order chi connectivity index (χ0) is 30.2. The molecule has 2 aliphatic heterocycles. The summed E-state index contributed by atoms with van der Waals surface area (Å²) in [6, 6.07) is 0. The predicted molar refractivity (Wildman–Crippen MR) is 195 cm³/mol. The molecular formula is C32H52O4S6. The molecule has 3 fully saturated rings. The van der Waals surface area contributed by atoms with Gasteiger partial charge in [-0.1, -0.05) is 26.0 Å². The van der Waals surface area contributed by atoms with E-state index in [0.717, 1.165) is 23.3 Å². The lowest BCUT2D eigenvalue weighted by molar-refractivity contribution is -0.139. The summed E-state index contributed by atoms with van der Waals surface area (Å²) in [4.78, 5) is 23.2. The van der Waals surface area contributed by atoms with Crippen molar-refractivity contribution in [2.24, 2.45) is 11.8 Å². The van der Waals surface area contributed by atoms with E-state index in [1.165, 1.54) is 87.2 Å². The van der Waals surface area contributed by atoms with Gasteiger partial charge in [0.05, 0.1) is 9.16 Å². The lowest BCUT2D eigenvalue weighted by Gasteiger charge is -2.28. The van der Waals surface area contributed by atoms with Crippen molar-refractivity contribution in [3.05, 3.63) is 24.3 Å². The molecule has 0 aromatic rings. The van der Waals surface area contributed by atoms with Gasteiger partial charge in [0.15, 0.2) is 0 Å². The number of thioether (sulfide) groups is 6. The van der Waals surface area contributed by atoms with Crippen LogP contribution in [0.3, 0.4) is 0 Å². The molecule has 0 N–H and O–H groups in total. The fraction of sp³-hybridized carbons (Fsp3) is 0.812. The highest BCUT2D eigenvalue weighted by Gasteiger charge is 2.28. The van der Waals surface area contributed by atoms with E-state index in [4.69, 9.17) is 9.47 Å². The van der Waals surface area contributed by atoms with Crippen LogP contribution >= 0.6 is 70.6 Å². The molecule has 0 aromatic heterocycles. The van der Waals surface area contributed by atoms with Gasteiger partial charge in [-0.3, -0.25) is 0 Å². The van der Waals surface area contributed by atoms with Crippen LogP contribution in [0.4, 0.5) is 0 Å². The highest BCUT2D eigenvalue weighted by atomic mass is 32.2. The van der Waals surface area contributed by atoms with E-state index < -0.39 is 0 Å². The van der Waals surface area contributed by atoms with Gasteiger partial charge < -0.3 is 9.47 Å². The largest absolute Gasteiger partial charge is 0.461 e. The van der Waals surface area contributed by atoms with Crippen molar-refractivity contribution in [2.45, 2.75) is 97.7 Å². The van der Waals surface area contributed by atoms with Crippen LogP contribution in [0.2, 0.25) is 0 Å². The Morgan fingerprint density at radius 1 is 0.690 bits per heavy atom. The second-order valence-corrected chi connectivity index (χ2v) is 20.2. The molecule has 4 nitrogen and oxygen atoms in total. The average molecular weight is 693 g/mol. The molecule has 2 saturated heterocycles. The van der Waals surface area contributed by atoms with Gasteiger partial charge in [-0.25, -0.2) is 9.59 Å². The second-order valence-electron chi connectivity index (χ2n) is 11.8. The molecule has 0 bridgehead atoms. The summed E-state index contributed by atoms with van der Waals surface area (Å²) in [7, 11) is 0. The number of hydrogen-bond donors (Lipinski definition) is 0. The van der Waals surface area contributed by atoms with E-state index in [1.54, 1.807) is 13.8 Å². The van der Waals surface area contributed by atoms with Gasteiger partial charge in [0.2, 0.25) is 0 Å². The van der Waals surface area contributed by atoms with E-state index in [1.807, 2.05) is 47.0 Å². The number of ether oxygens (including phenoxy) is 2. The third kappa shape index (κ3) is 15.2. The van der Waals surface area contributed by atoms with E-state index in [-0.39, 0.29) is 11.9 Å². The first-order valence-electron chi connectivity index (χ1n) is 15.6. The second kappa shape index (κ2) is 21.3. The van der Waals surface area contributed by atoms with Crippen molar-refractivity contribution in [1.29, 1.82) is 0 Å². The van der Waals surface area contributed by atoms with Crippen molar-refractivity contribution in [3.63, 3.8) is 0 Å². The first-order chi connectivity index (χ1) is 20.3. The van der Waals surface area contributed by atoms with Gasteiger partial charge in [0.25, 0.3) is 0 Å². The number of unbranched alkanes of at least 4 members (excludes halogenated alkanes) is 2. The Balaban J connectivity index is 1.08. The van der Waals surface area contributed by atoms with Crippen LogP contribution in [0.15, 0.2) is 24.3 Å². The fourth-order valence-electron chi connectivity index (χ4n) is 5.17. The standard InChI is InChI=1S/C32H52O4S6/c1-23(2)31(33)35-17-27-21-39-29(41-27)9-5-7-15-37-19-25-11-13-26(14-12-25)20-38-16-8-6-10-30-40-22-28(42-30)18-36-32(34)24(3)4/h25-30H,1,3,5-22H2,2,4H3. The minimum Gasteiger partial charge on any atom is -0.461 e. The molecule has 4 atom stereocenters. The lowest BCUT2D eigenvalue weighted by atomic mass is 9.84. The quantitative estimate of drug-likeness (QED) is 0.0701. The van der Waals surface area contributed by atoms with Crippen LogP contribution in [-0.2, 0) is 19.1 Å². The summed E-state index contributed by atoms with van der Waals surface area (Å²) in [6.07, 6.45) is 13.6. The highest BCUT2D eigenvalue weighted by molar-refractivity contribution is 8.20. The van der Waals surface area contributed by atoms with Gasteiger partial charge in [-0.15, -0.1) is 47.0 Å². The van der Waals surface area contributed by atoms with Crippen LogP contribution in [0.25, 0.3) is 0 Å². The summed E-state index contributed by atoms with van der Waals surface area (Å²) < 4.78 is 12.0. The van der Waals surface area contributed by atoms with Gasteiger partial charge in [0.1, 0.15) is 13.2 Å². The number of esters is 2. The highest BCUT2D eigenvalue weighted by Crippen LogP contribution is 2.42. The van der Waals surface area contributed by atoms with E-state index in [9.17, 15) is 9.59 Å². The molecule has 0 radical (unpaired) electrons. The summed E-state index contributed by atoms with van der Waals surface area (Å²) in [6.45, 7) is 11.8. The molecular weight excluding hydrogens is 641 g/mol. The Hall–Kier alpha value is 0.520. The maximum Gasteiger partial charge on any atom is 0.333 e. The molecule has 0 aromatic carbocycles. The third-order valence-corrected chi connectivity index (χ3v) is 17.1. The Kier molecular flexibility index (Phi) is 18.8. The van der Waals surface area contributed by atoms with Crippen LogP contribution in [0.5, 0.6) is 0 Å². The topological polar surface area (TPSA) is 52.6 Å². The molecule has 0 amide bonds. The molecule has 0 spiro atoms. The molecule has 240 valence electrons. The normalized spacial score (nSPS) is 27.6. The molecule has 4 unspecified atom stereocenters. The first kappa shape index (κ1) is 37.0. The summed E-state index contributed by atoms with van der Waals surface area (Å²) >= 11 is 12.5. The predicted octanol–water partition coefficient (Wildman–Crippen LogP) is 9.19. The summed E-state index contributed by atoms with van der Waals surface area (Å²) in [5.74, 6) is 8.87. The molecule has 3 rings (SSSR count). The van der Waals surface area contributed by atoms with Gasteiger partial charge in [-0.2, -0.15) is 23.5 Å². The Morgan fingerprint density at radius 2 is 1.10 bits per heavy atom. The maximum absolute atomic E-state index is 11.6. The summed E-state index contributed by atoms with van der Waals surface area (Å²) in [5, 5.41) is 0.877. The van der Waals surface area contributed by atoms with Crippen molar-refractivity contribution < 1.29 is 19.1 Å². The van der Waals surface area contributed by atoms with E-state index in [0.29, 0.717) is 44.0 Å². The number of rotatable bonds is 20. The smallest absolute Gasteiger partial charge is 0.333 e. The number of carbonyl (C=O) groups excluding carboxylic acids is 2. The molecule has 3 aliphatic rings. The van der Waals surface area contributed by atoms with Crippen LogP contribution in [0, 0.1) is 11.8 Å². The van der Waals surface area contributed by atoms with Crippen molar-refractivity contribution in [1.82, 2.24) is 0 Å². The number of hydrogen-bond acceptors (Lipinski definition) is 10. The average Bonchev–Trinajstić information content (AvgIpc) is 3.64. The molecule has 2 heterocycles. The minimum absolute atomic E-state index is 0.258. The van der Waals surface area contributed by atoms with Gasteiger partial charge in [-0.05, 0) is 100 Å². The zero-order valence-electron chi connectivity index (χ0n) is 25.7. The maximum atomic E-state index is 11.6. The molecule has 1 aliphatic carbocycles. The van der Waals surface area contributed by atoms with Crippen molar-refractivity contribution in [3.8, 4) is 0 Å². The Labute approximate surface area is 281 Å². The van der Waals surface area contributed by atoms with E-state index >= 15 is 0 Å². The molecule has 1 saturated carbocycles. The number of carbonyl (C=O) groups is 2. The van der Waals surface area contributed by atoms with Gasteiger partial charge >= 0.3 is 11.9 Å². The van der Waals surface area contributed by atoms with Crippen LogP contribution in [0.1, 0.15) is 78.1 Å². The van der Waals surface area contributed by atoms with Crippen LogP contribution in [-0.4, -0.2) is 79.3 Å². The zero-order valence-corrected chi connectivity index (χ0v) is 30.6. The van der Waals surface area contributed by atoms with Gasteiger partial charge in [0, 0.05) is 33.2 Å². The Bertz CT molecular complexity index is 779. The lowest BCUT2D eigenvalue weighted by Crippen LogP contribution is -2.18. The molecule has 10 heteroatoms. The SMILES string of the molecule is C=C(C)C(=O)OCC1CSC(CCCCSCC2CCC(CSCCCCC3SCC(COC(=O)C(=C)C)S3)CC2)S1. The van der Waals surface area contributed by atoms with Crippen molar-refractivity contribution >= 4 is 82.5 Å². The van der Waals surface area contributed by atoms with Crippen molar-refractivity contribution in [2.75, 3.05) is 47.7 Å². The van der Waals surface area contributed by atoms with Crippen LogP contribution < -0.4 is 0 Å². The summed E-state index contributed by atoms with van der Waals surface area (Å²) in [5.41, 5.74) is 0.973. The first-order valence-corrected chi connectivity index (χ1v) is 21.9. The fourth-order valence-corrected chi connectivity index (χ4v) is 14.3. The monoisotopic (exact) mass is 692 g/mol. The third-order valence-electron chi connectivity index (χ3n) is 7.75. The Morgan fingerprint density at radius 3 is 1.48 bits per heavy atom. The van der Waals surface area contributed by atoms with E-state index in [2.05, 4.69) is 36.7 Å². The molecule has 42 heavy (non-hydrogen) atoms. The minimum atomic E-state index is -0.258.